The van der Waals surface area contributed by atoms with Gasteiger partial charge in [-0.25, -0.2) is 4.99 Å². The number of carbonyl (C=O) groups is 1. The Morgan fingerprint density at radius 3 is 2.92 bits per heavy atom. The van der Waals surface area contributed by atoms with Crippen LogP contribution in [0.1, 0.15) is 27.2 Å². The smallest absolute Gasteiger partial charge is 0.248 e. The first-order valence-electron chi connectivity index (χ1n) is 4.28. The molecule has 0 bridgehead atoms. The fourth-order valence-electron chi connectivity index (χ4n) is 1.08. The molecule has 0 saturated carbocycles. The maximum Gasteiger partial charge on any atom is 0.248 e. The van der Waals surface area contributed by atoms with Gasteiger partial charge in [-0.2, -0.15) is 0 Å². The first-order chi connectivity index (χ1) is 5.51. The molecule has 1 heterocycles. The highest BCUT2D eigenvalue weighted by molar-refractivity contribution is 5.89. The van der Waals surface area contributed by atoms with Gasteiger partial charge in [0.05, 0.1) is 0 Å². The number of carbonyl (C=O) groups excluding carboxylic acids is 1. The van der Waals surface area contributed by atoms with Gasteiger partial charge in [0.1, 0.15) is 0 Å². The summed E-state index contributed by atoms with van der Waals surface area (Å²) in [5, 5.41) is 0. The Kier molecular flexibility index (Phi) is 2.46. The predicted octanol–water partition coefficient (Wildman–Crippen LogP) is 2.21. The van der Waals surface area contributed by atoms with E-state index < -0.39 is 0 Å². The van der Waals surface area contributed by atoms with Crippen LogP contribution in [0.4, 0.5) is 0 Å². The number of allylic oxidation sites excluding steroid dienone is 2. The summed E-state index contributed by atoms with van der Waals surface area (Å²) in [6.45, 7) is 5.98. The summed E-state index contributed by atoms with van der Waals surface area (Å²) in [5.74, 6) is 0.0287. The van der Waals surface area contributed by atoms with E-state index in [2.05, 4.69) is 17.1 Å². The Hall–Kier alpha value is -0.920. The molecule has 0 aromatic heterocycles. The Morgan fingerprint density at radius 1 is 1.58 bits per heavy atom. The van der Waals surface area contributed by atoms with Gasteiger partial charge < -0.3 is 0 Å². The van der Waals surface area contributed by atoms with Crippen LogP contribution in [0.2, 0.25) is 0 Å². The van der Waals surface area contributed by atoms with Crippen molar-refractivity contribution >= 4 is 12.1 Å². The Morgan fingerprint density at radius 2 is 2.25 bits per heavy atom. The average molecular weight is 165 g/mol. The van der Waals surface area contributed by atoms with Crippen LogP contribution in [-0.4, -0.2) is 12.1 Å². The van der Waals surface area contributed by atoms with E-state index in [0.29, 0.717) is 0 Å². The predicted molar refractivity (Wildman–Crippen MR) is 50.2 cm³/mol. The van der Waals surface area contributed by atoms with Crippen molar-refractivity contribution in [2.45, 2.75) is 27.2 Å². The van der Waals surface area contributed by atoms with E-state index in [1.165, 1.54) is 0 Å². The van der Waals surface area contributed by atoms with Gasteiger partial charge in [-0.1, -0.05) is 32.9 Å². The van der Waals surface area contributed by atoms with Gasteiger partial charge >= 0.3 is 0 Å². The van der Waals surface area contributed by atoms with Crippen LogP contribution < -0.4 is 0 Å². The van der Waals surface area contributed by atoms with Gasteiger partial charge in [0.25, 0.3) is 0 Å². The zero-order chi connectivity index (χ0) is 9.19. The van der Waals surface area contributed by atoms with Crippen molar-refractivity contribution in [3.63, 3.8) is 0 Å². The Labute approximate surface area is 73.4 Å². The molecule has 1 amide bonds. The molecular weight excluding hydrogens is 150 g/mol. The molecule has 1 rings (SSSR count). The molecule has 1 aliphatic rings. The van der Waals surface area contributed by atoms with Gasteiger partial charge in [0, 0.05) is 17.5 Å². The minimum absolute atomic E-state index is 0.00701. The minimum atomic E-state index is -0.0736. The second-order valence-electron chi connectivity index (χ2n) is 3.96. The molecule has 0 fully saturated rings. The van der Waals surface area contributed by atoms with Crippen LogP contribution >= 0.6 is 0 Å². The number of nitrogens with zero attached hydrogens (tertiary/aromatic N) is 1. The van der Waals surface area contributed by atoms with Gasteiger partial charge in [-0.05, 0) is 6.42 Å². The third-order valence-corrected chi connectivity index (χ3v) is 1.98. The van der Waals surface area contributed by atoms with Gasteiger partial charge in [-0.15, -0.1) is 0 Å². The lowest BCUT2D eigenvalue weighted by atomic mass is 9.92. The summed E-state index contributed by atoms with van der Waals surface area (Å²) >= 11 is 0. The number of rotatable bonds is 0. The summed E-state index contributed by atoms with van der Waals surface area (Å²) in [5.41, 5.74) is -0.0736. The number of amides is 1. The molecule has 0 N–H and O–H groups in total. The highest BCUT2D eigenvalue weighted by Crippen LogP contribution is 2.18. The van der Waals surface area contributed by atoms with E-state index in [9.17, 15) is 4.79 Å². The molecule has 0 aromatic rings. The summed E-state index contributed by atoms with van der Waals surface area (Å²) in [6.07, 6.45) is 6.69. The average Bonchev–Trinajstić information content (AvgIpc) is 1.98. The van der Waals surface area contributed by atoms with Crippen molar-refractivity contribution in [2.75, 3.05) is 0 Å². The molecule has 2 nitrogen and oxygen atoms in total. The maximum atomic E-state index is 11.2. The van der Waals surface area contributed by atoms with Crippen molar-refractivity contribution in [3.05, 3.63) is 12.2 Å². The maximum absolute atomic E-state index is 11.2. The topological polar surface area (TPSA) is 29.4 Å². The molecule has 0 aliphatic carbocycles. The van der Waals surface area contributed by atoms with Crippen LogP contribution in [0.3, 0.4) is 0 Å². The Balaban J connectivity index is 2.83. The van der Waals surface area contributed by atoms with E-state index in [1.54, 1.807) is 6.21 Å². The third-order valence-electron chi connectivity index (χ3n) is 1.98. The standard InChI is InChI=1S/C10H15NO/c1-8-5-4-6-10(2,3)7-11-9(8)12/h4,6-8H,5H2,1-3H3/b6-4-,11-7?. The molecular formula is C10H15NO. The van der Waals surface area contributed by atoms with Gasteiger partial charge in [0.2, 0.25) is 5.91 Å². The fourth-order valence-corrected chi connectivity index (χ4v) is 1.08. The van der Waals surface area contributed by atoms with E-state index in [4.69, 9.17) is 0 Å². The second kappa shape index (κ2) is 3.21. The normalized spacial score (nSPS) is 30.9. The van der Waals surface area contributed by atoms with Crippen molar-refractivity contribution in [1.29, 1.82) is 0 Å². The zero-order valence-corrected chi connectivity index (χ0v) is 7.87. The SMILES string of the molecule is CC1C/C=C\C(C)(C)C=NC1=O. The molecule has 0 spiro atoms. The van der Waals surface area contributed by atoms with Crippen LogP contribution in [0.5, 0.6) is 0 Å². The van der Waals surface area contributed by atoms with Crippen LogP contribution in [0, 0.1) is 11.3 Å². The van der Waals surface area contributed by atoms with Crippen molar-refractivity contribution in [1.82, 2.24) is 0 Å². The number of hydrogen-bond donors (Lipinski definition) is 0. The number of hydrogen-bond acceptors (Lipinski definition) is 1. The van der Waals surface area contributed by atoms with Crippen molar-refractivity contribution in [3.8, 4) is 0 Å². The van der Waals surface area contributed by atoms with Crippen LogP contribution in [0.15, 0.2) is 17.1 Å². The highest BCUT2D eigenvalue weighted by Gasteiger charge is 2.16. The molecule has 0 aromatic carbocycles. The fraction of sp³-hybridized carbons (Fsp3) is 0.600. The van der Waals surface area contributed by atoms with Gasteiger partial charge in [-0.3, -0.25) is 4.79 Å². The lowest BCUT2D eigenvalue weighted by Gasteiger charge is -2.16. The second-order valence-corrected chi connectivity index (χ2v) is 3.96. The largest absolute Gasteiger partial charge is 0.272 e. The molecule has 1 aliphatic heterocycles. The summed E-state index contributed by atoms with van der Waals surface area (Å²) < 4.78 is 0. The molecule has 66 valence electrons. The first-order valence-corrected chi connectivity index (χ1v) is 4.28. The van der Waals surface area contributed by atoms with E-state index in [0.717, 1.165) is 6.42 Å². The van der Waals surface area contributed by atoms with E-state index in [1.807, 2.05) is 20.8 Å². The monoisotopic (exact) mass is 165 g/mol. The first kappa shape index (κ1) is 9.17. The Bertz CT molecular complexity index is 238. The zero-order valence-electron chi connectivity index (χ0n) is 7.87. The van der Waals surface area contributed by atoms with E-state index in [-0.39, 0.29) is 17.2 Å². The molecule has 0 radical (unpaired) electrons. The molecule has 2 heteroatoms. The van der Waals surface area contributed by atoms with Crippen LogP contribution in [-0.2, 0) is 4.79 Å². The number of aliphatic imine (C=N–C) groups is 1. The molecule has 1 unspecified atom stereocenters. The molecule has 1 atom stereocenters. The summed E-state index contributed by atoms with van der Waals surface area (Å²) in [6, 6.07) is 0. The quantitative estimate of drug-likeness (QED) is 0.506. The van der Waals surface area contributed by atoms with Crippen molar-refractivity contribution in [2.24, 2.45) is 16.3 Å². The van der Waals surface area contributed by atoms with Crippen molar-refractivity contribution < 1.29 is 4.79 Å². The lowest BCUT2D eigenvalue weighted by Crippen LogP contribution is -2.16. The summed E-state index contributed by atoms with van der Waals surface area (Å²) in [4.78, 5) is 15.1. The molecule has 0 saturated heterocycles. The lowest BCUT2D eigenvalue weighted by molar-refractivity contribution is -0.120. The highest BCUT2D eigenvalue weighted by atomic mass is 16.1. The minimum Gasteiger partial charge on any atom is -0.272 e. The van der Waals surface area contributed by atoms with E-state index >= 15 is 0 Å². The molecule has 12 heavy (non-hydrogen) atoms. The van der Waals surface area contributed by atoms with Crippen LogP contribution in [0.25, 0.3) is 0 Å². The third kappa shape index (κ3) is 2.29. The summed E-state index contributed by atoms with van der Waals surface area (Å²) in [7, 11) is 0. The van der Waals surface area contributed by atoms with Gasteiger partial charge in [0.15, 0.2) is 0 Å².